The highest BCUT2D eigenvalue weighted by atomic mass is 16.5. The average Bonchev–Trinajstić information content (AvgIpc) is 2.66. The van der Waals surface area contributed by atoms with Crippen LogP contribution >= 0.6 is 0 Å². The van der Waals surface area contributed by atoms with Gasteiger partial charge in [0.1, 0.15) is 11.4 Å². The lowest BCUT2D eigenvalue weighted by Gasteiger charge is -2.50. The van der Waals surface area contributed by atoms with Crippen molar-refractivity contribution < 1.29 is 19.4 Å². The van der Waals surface area contributed by atoms with E-state index in [4.69, 9.17) is 9.47 Å². The summed E-state index contributed by atoms with van der Waals surface area (Å²) in [7, 11) is 0. The van der Waals surface area contributed by atoms with Gasteiger partial charge in [-0.2, -0.15) is 0 Å². The molecule has 4 rings (SSSR count). The van der Waals surface area contributed by atoms with Crippen molar-refractivity contribution in [1.82, 2.24) is 0 Å². The molecule has 2 aliphatic rings. The van der Waals surface area contributed by atoms with E-state index in [0.29, 0.717) is 17.6 Å². The van der Waals surface area contributed by atoms with Gasteiger partial charge in [-0.15, -0.1) is 0 Å². The lowest BCUT2D eigenvalue weighted by molar-refractivity contribution is -0.153. The third-order valence-corrected chi connectivity index (χ3v) is 6.67. The molecular weight excluding hydrogens is 364 g/mol. The van der Waals surface area contributed by atoms with Gasteiger partial charge in [0.2, 0.25) is 0 Å². The van der Waals surface area contributed by atoms with Crippen molar-refractivity contribution in [3.8, 4) is 5.75 Å². The van der Waals surface area contributed by atoms with Crippen LogP contribution in [-0.4, -0.2) is 22.8 Å². The van der Waals surface area contributed by atoms with Crippen LogP contribution < -0.4 is 4.74 Å². The lowest BCUT2D eigenvalue weighted by Crippen LogP contribution is -2.50. The number of hydrogen-bond acceptors (Lipinski definition) is 3. The molecule has 4 heteroatoms. The van der Waals surface area contributed by atoms with Crippen molar-refractivity contribution >= 4 is 5.97 Å². The van der Waals surface area contributed by atoms with E-state index in [-0.39, 0.29) is 23.7 Å². The predicted octanol–water partition coefficient (Wildman–Crippen LogP) is 5.93. The zero-order chi connectivity index (χ0) is 20.9. The zero-order valence-corrected chi connectivity index (χ0v) is 17.8. The van der Waals surface area contributed by atoms with Crippen molar-refractivity contribution in [3.05, 3.63) is 64.7 Å². The Bertz CT molecular complexity index is 913. The minimum absolute atomic E-state index is 0.0713. The van der Waals surface area contributed by atoms with Crippen LogP contribution in [0.1, 0.15) is 86.0 Å². The standard InChI is InChI=1S/C25H30O4/c1-14(2)16-6-8-17(9-7-16)20-13-21-23(28-15(20)3)19-11-10-18(24(26)27)12-22(19)29-25(21,4)5/h6-12,14-15,20-21,23H,13H2,1-5H3,(H,26,27)/t15-,20-,21-,23+/m0/s1. The van der Waals surface area contributed by atoms with Crippen LogP contribution in [0.2, 0.25) is 0 Å². The molecule has 2 aromatic carbocycles. The summed E-state index contributed by atoms with van der Waals surface area (Å²) in [5.41, 5.74) is 3.42. The first kappa shape index (κ1) is 20.0. The van der Waals surface area contributed by atoms with Crippen LogP contribution in [0.4, 0.5) is 0 Å². The number of carboxylic acid groups (broad SMARTS) is 1. The van der Waals surface area contributed by atoms with Gasteiger partial charge in [-0.05, 0) is 56.4 Å². The summed E-state index contributed by atoms with van der Waals surface area (Å²) in [6.45, 7) is 10.7. The number of carbonyl (C=O) groups is 1. The van der Waals surface area contributed by atoms with Gasteiger partial charge in [0, 0.05) is 17.4 Å². The van der Waals surface area contributed by atoms with Crippen LogP contribution in [0.3, 0.4) is 0 Å². The molecule has 1 N–H and O–H groups in total. The largest absolute Gasteiger partial charge is 0.487 e. The molecule has 0 aliphatic carbocycles. The fourth-order valence-corrected chi connectivity index (χ4v) is 4.83. The maximum absolute atomic E-state index is 11.4. The molecule has 4 nitrogen and oxygen atoms in total. The van der Waals surface area contributed by atoms with Crippen LogP contribution in [-0.2, 0) is 4.74 Å². The first-order chi connectivity index (χ1) is 13.7. The van der Waals surface area contributed by atoms with E-state index in [1.54, 1.807) is 12.1 Å². The first-order valence-corrected chi connectivity index (χ1v) is 10.5. The Hall–Kier alpha value is -2.33. The van der Waals surface area contributed by atoms with Gasteiger partial charge in [0.25, 0.3) is 0 Å². The van der Waals surface area contributed by atoms with Crippen LogP contribution in [0.5, 0.6) is 5.75 Å². The van der Waals surface area contributed by atoms with Gasteiger partial charge >= 0.3 is 5.97 Å². The van der Waals surface area contributed by atoms with Gasteiger partial charge in [0.15, 0.2) is 0 Å². The van der Waals surface area contributed by atoms with E-state index in [1.165, 1.54) is 11.1 Å². The van der Waals surface area contributed by atoms with Gasteiger partial charge in [-0.1, -0.05) is 44.2 Å². The van der Waals surface area contributed by atoms with Crippen LogP contribution in [0.25, 0.3) is 0 Å². The minimum Gasteiger partial charge on any atom is -0.487 e. The van der Waals surface area contributed by atoms with Crippen LogP contribution in [0, 0.1) is 5.92 Å². The molecule has 29 heavy (non-hydrogen) atoms. The topological polar surface area (TPSA) is 55.8 Å². The van der Waals surface area contributed by atoms with Gasteiger partial charge < -0.3 is 14.6 Å². The quantitative estimate of drug-likeness (QED) is 0.701. The van der Waals surface area contributed by atoms with Gasteiger partial charge in [-0.25, -0.2) is 4.79 Å². The number of rotatable bonds is 3. The molecule has 0 bridgehead atoms. The third-order valence-electron chi connectivity index (χ3n) is 6.67. The Morgan fingerprint density at radius 1 is 1.14 bits per heavy atom. The second-order valence-corrected chi connectivity index (χ2v) is 9.30. The molecule has 1 saturated heterocycles. The second-order valence-electron chi connectivity index (χ2n) is 9.30. The Labute approximate surface area is 172 Å². The number of fused-ring (bicyclic) bond motifs is 3. The summed E-state index contributed by atoms with van der Waals surface area (Å²) >= 11 is 0. The van der Waals surface area contributed by atoms with Crippen molar-refractivity contribution in [2.45, 2.75) is 70.7 Å². The van der Waals surface area contributed by atoms with E-state index in [9.17, 15) is 9.90 Å². The number of aromatic carboxylic acids is 1. The molecule has 0 unspecified atom stereocenters. The highest BCUT2D eigenvalue weighted by Crippen LogP contribution is 2.53. The van der Waals surface area contributed by atoms with E-state index in [1.807, 2.05) is 6.07 Å². The van der Waals surface area contributed by atoms with Gasteiger partial charge in [0.05, 0.1) is 17.8 Å². The highest BCUT2D eigenvalue weighted by molar-refractivity contribution is 5.88. The number of carboxylic acids is 1. The number of ether oxygens (including phenoxy) is 2. The van der Waals surface area contributed by atoms with Crippen molar-refractivity contribution in [2.75, 3.05) is 0 Å². The van der Waals surface area contributed by atoms with Gasteiger partial charge in [-0.3, -0.25) is 0 Å². The van der Waals surface area contributed by atoms with Crippen molar-refractivity contribution in [1.29, 1.82) is 0 Å². The maximum Gasteiger partial charge on any atom is 0.335 e. The molecule has 1 fully saturated rings. The Balaban J connectivity index is 1.66. The Morgan fingerprint density at radius 3 is 2.45 bits per heavy atom. The molecule has 0 radical (unpaired) electrons. The molecule has 154 valence electrons. The summed E-state index contributed by atoms with van der Waals surface area (Å²) in [5, 5.41) is 9.32. The lowest BCUT2D eigenvalue weighted by atomic mass is 9.70. The monoisotopic (exact) mass is 394 g/mol. The first-order valence-electron chi connectivity index (χ1n) is 10.5. The molecule has 0 aromatic heterocycles. The molecule has 0 saturated carbocycles. The molecule has 2 aliphatic heterocycles. The van der Waals surface area contributed by atoms with Crippen LogP contribution in [0.15, 0.2) is 42.5 Å². The normalized spacial score (nSPS) is 27.7. The molecular formula is C25H30O4. The highest BCUT2D eigenvalue weighted by Gasteiger charge is 2.49. The van der Waals surface area contributed by atoms with E-state index in [0.717, 1.165) is 12.0 Å². The summed E-state index contributed by atoms with van der Waals surface area (Å²) in [4.78, 5) is 11.4. The summed E-state index contributed by atoms with van der Waals surface area (Å²) in [5.74, 6) is 0.699. The van der Waals surface area contributed by atoms with E-state index >= 15 is 0 Å². The maximum atomic E-state index is 11.4. The fourth-order valence-electron chi connectivity index (χ4n) is 4.83. The fraction of sp³-hybridized carbons (Fsp3) is 0.480. The summed E-state index contributed by atoms with van der Waals surface area (Å²) in [6.07, 6.45) is 0.958. The van der Waals surface area contributed by atoms with Crippen molar-refractivity contribution in [3.63, 3.8) is 0 Å². The Kier molecular flexibility index (Phi) is 4.94. The molecule has 4 atom stereocenters. The molecule has 2 aromatic rings. The van der Waals surface area contributed by atoms with Crippen molar-refractivity contribution in [2.24, 2.45) is 5.92 Å². The Morgan fingerprint density at radius 2 is 1.83 bits per heavy atom. The van der Waals surface area contributed by atoms with E-state index < -0.39 is 11.6 Å². The predicted molar refractivity (Wildman–Crippen MR) is 113 cm³/mol. The average molecular weight is 395 g/mol. The molecule has 0 amide bonds. The second kappa shape index (κ2) is 7.17. The number of benzene rings is 2. The molecule has 2 heterocycles. The molecule has 0 spiro atoms. The number of hydrogen-bond donors (Lipinski definition) is 1. The zero-order valence-electron chi connectivity index (χ0n) is 17.8. The smallest absolute Gasteiger partial charge is 0.335 e. The third kappa shape index (κ3) is 3.55. The summed E-state index contributed by atoms with van der Waals surface area (Å²) < 4.78 is 12.9. The minimum atomic E-state index is -0.945. The van der Waals surface area contributed by atoms with E-state index in [2.05, 4.69) is 58.9 Å². The SMILES string of the molecule is CC(C)c1ccc([C@H]2C[C@H]3[C@H](O[C@H]2C)c2ccc(C(=O)O)cc2OC3(C)C)cc1. The summed E-state index contributed by atoms with van der Waals surface area (Å²) in [6, 6.07) is 14.1.